The highest BCUT2D eigenvalue weighted by atomic mass is 19.3. The van der Waals surface area contributed by atoms with E-state index in [1.807, 2.05) is 30.3 Å². The number of halogens is 2. The molecule has 3 aromatic rings. The van der Waals surface area contributed by atoms with Gasteiger partial charge in [-0.1, -0.05) is 48.5 Å². The van der Waals surface area contributed by atoms with Gasteiger partial charge in [0, 0.05) is 18.3 Å². The lowest BCUT2D eigenvalue weighted by Crippen LogP contribution is -2.26. The quantitative estimate of drug-likeness (QED) is 0.599. The van der Waals surface area contributed by atoms with Crippen LogP contribution < -0.4 is 11.0 Å². The van der Waals surface area contributed by atoms with E-state index in [2.05, 4.69) is 10.3 Å². The van der Waals surface area contributed by atoms with Crippen molar-refractivity contribution in [1.82, 2.24) is 9.55 Å². The maximum absolute atomic E-state index is 14.2. The summed E-state index contributed by atoms with van der Waals surface area (Å²) in [5, 5.41) is 2.53. The van der Waals surface area contributed by atoms with Crippen molar-refractivity contribution in [3.63, 3.8) is 0 Å². The van der Waals surface area contributed by atoms with E-state index < -0.39 is 29.4 Å². The zero-order valence-electron chi connectivity index (χ0n) is 16.6. The van der Waals surface area contributed by atoms with Crippen LogP contribution in [0.2, 0.25) is 0 Å². The van der Waals surface area contributed by atoms with E-state index in [1.54, 1.807) is 30.3 Å². The minimum absolute atomic E-state index is 0.0698. The van der Waals surface area contributed by atoms with Gasteiger partial charge in [-0.05, 0) is 23.8 Å². The summed E-state index contributed by atoms with van der Waals surface area (Å²) >= 11 is 0. The van der Waals surface area contributed by atoms with Crippen LogP contribution in [0.3, 0.4) is 0 Å². The van der Waals surface area contributed by atoms with E-state index in [-0.39, 0.29) is 25.6 Å². The molecule has 0 spiro atoms. The van der Waals surface area contributed by atoms with Gasteiger partial charge < -0.3 is 10.1 Å². The van der Waals surface area contributed by atoms with Gasteiger partial charge in [0.15, 0.2) is 0 Å². The third kappa shape index (κ3) is 4.86. The molecule has 1 N–H and O–H groups in total. The summed E-state index contributed by atoms with van der Waals surface area (Å²) in [6.07, 6.45) is 1.37. The molecule has 8 heteroatoms. The van der Waals surface area contributed by atoms with Crippen LogP contribution in [0.5, 0.6) is 0 Å². The maximum atomic E-state index is 14.2. The number of hydrogen-bond acceptors (Lipinski definition) is 4. The summed E-state index contributed by atoms with van der Waals surface area (Å²) in [4.78, 5) is 28.2. The van der Waals surface area contributed by atoms with E-state index in [4.69, 9.17) is 4.74 Å². The van der Waals surface area contributed by atoms with E-state index in [0.29, 0.717) is 5.56 Å². The first kappa shape index (κ1) is 20.9. The van der Waals surface area contributed by atoms with Crippen molar-refractivity contribution >= 4 is 11.7 Å². The number of anilines is 1. The maximum Gasteiger partial charge on any atom is 0.349 e. The first-order valence-electron chi connectivity index (χ1n) is 9.88. The lowest BCUT2D eigenvalue weighted by molar-refractivity contribution is 0.0454. The number of aromatic nitrogens is 2. The van der Waals surface area contributed by atoms with Crippen molar-refractivity contribution < 1.29 is 18.3 Å². The average Bonchev–Trinajstić information content (AvgIpc) is 3.29. The normalized spacial score (nSPS) is 19.0. The van der Waals surface area contributed by atoms with Gasteiger partial charge in [-0.25, -0.2) is 13.6 Å². The minimum Gasteiger partial charge on any atom is -0.376 e. The highest BCUT2D eigenvalue weighted by Gasteiger charge is 2.67. The lowest BCUT2D eigenvalue weighted by atomic mass is 10.2. The molecule has 1 heterocycles. The largest absolute Gasteiger partial charge is 0.376 e. The molecule has 1 saturated carbocycles. The van der Waals surface area contributed by atoms with Crippen molar-refractivity contribution in [2.24, 2.45) is 11.8 Å². The molecule has 1 fully saturated rings. The molecule has 31 heavy (non-hydrogen) atoms. The number of hydrogen-bond donors (Lipinski definition) is 1. The van der Waals surface area contributed by atoms with Crippen molar-refractivity contribution in [3.8, 4) is 0 Å². The van der Waals surface area contributed by atoms with Gasteiger partial charge in [0.25, 0.3) is 11.8 Å². The molecule has 1 amide bonds. The molecule has 2 atom stereocenters. The number of ether oxygens (including phenoxy) is 1. The number of benzene rings is 2. The summed E-state index contributed by atoms with van der Waals surface area (Å²) in [7, 11) is 0. The second-order valence-electron chi connectivity index (χ2n) is 7.46. The van der Waals surface area contributed by atoms with Gasteiger partial charge in [0.1, 0.15) is 5.82 Å². The predicted molar refractivity (Wildman–Crippen MR) is 111 cm³/mol. The average molecular weight is 425 g/mol. The Bertz CT molecular complexity index is 1100. The van der Waals surface area contributed by atoms with Crippen molar-refractivity contribution in [2.45, 2.75) is 19.1 Å². The number of carbonyl (C=O) groups excluding carboxylic acids is 1. The molecule has 4 rings (SSSR count). The Kier molecular flexibility index (Phi) is 5.90. The monoisotopic (exact) mass is 425 g/mol. The highest BCUT2D eigenvalue weighted by molar-refractivity contribution is 6.03. The highest BCUT2D eigenvalue weighted by Crippen LogP contribution is 2.56. The van der Waals surface area contributed by atoms with Gasteiger partial charge in [0.05, 0.1) is 25.0 Å². The molecule has 0 saturated heterocycles. The molecule has 1 aromatic heterocycles. The van der Waals surface area contributed by atoms with Gasteiger partial charge in [0.2, 0.25) is 0 Å². The topological polar surface area (TPSA) is 73.2 Å². The van der Waals surface area contributed by atoms with E-state index >= 15 is 0 Å². The molecule has 6 nitrogen and oxygen atoms in total. The molecular weight excluding hydrogens is 404 g/mol. The van der Waals surface area contributed by atoms with Crippen LogP contribution in [0.4, 0.5) is 14.6 Å². The molecular formula is C23H21F2N3O3. The van der Waals surface area contributed by atoms with Crippen LogP contribution in [-0.2, 0) is 17.9 Å². The Labute approximate surface area is 177 Å². The second kappa shape index (κ2) is 8.77. The number of nitrogens with zero attached hydrogens (tertiary/aromatic N) is 2. The van der Waals surface area contributed by atoms with Crippen LogP contribution in [0.15, 0.2) is 77.7 Å². The summed E-state index contributed by atoms with van der Waals surface area (Å²) in [6.45, 7) is 0.0164. The Morgan fingerprint density at radius 3 is 2.39 bits per heavy atom. The second-order valence-corrected chi connectivity index (χ2v) is 7.46. The summed E-state index contributed by atoms with van der Waals surface area (Å²) in [5.41, 5.74) is 0.638. The molecule has 2 aromatic carbocycles. The number of rotatable bonds is 8. The van der Waals surface area contributed by atoms with Crippen LogP contribution in [0.25, 0.3) is 0 Å². The predicted octanol–water partition coefficient (Wildman–Crippen LogP) is 3.59. The third-order valence-corrected chi connectivity index (χ3v) is 5.32. The minimum atomic E-state index is -2.89. The standard InChI is InChI=1S/C23H21F2N3O3/c24-23(25)18(19(23)15-31-14-16-7-3-1-4-8-16)13-28-12-11-20(27-22(28)30)26-21(29)17-9-5-2-6-10-17/h1-12,18-19H,13-15H2,(H,26,27,29,30)/t18-,19+/m1/s1. The van der Waals surface area contributed by atoms with E-state index in [0.717, 1.165) is 10.1 Å². The zero-order chi connectivity index (χ0) is 21.8. The molecule has 0 aliphatic heterocycles. The first-order valence-corrected chi connectivity index (χ1v) is 9.88. The Morgan fingerprint density at radius 2 is 1.71 bits per heavy atom. The van der Waals surface area contributed by atoms with Crippen LogP contribution in [0.1, 0.15) is 15.9 Å². The Hall–Kier alpha value is -3.39. The number of amides is 1. The Balaban J connectivity index is 1.33. The summed E-state index contributed by atoms with van der Waals surface area (Å²) in [5.74, 6) is -5.17. The van der Waals surface area contributed by atoms with E-state index in [1.165, 1.54) is 12.3 Å². The molecule has 1 aliphatic carbocycles. The lowest BCUT2D eigenvalue weighted by Gasteiger charge is -2.07. The summed E-state index contributed by atoms with van der Waals surface area (Å²) in [6, 6.07) is 19.2. The number of carbonyl (C=O) groups is 1. The summed E-state index contributed by atoms with van der Waals surface area (Å²) < 4.78 is 34.9. The van der Waals surface area contributed by atoms with Crippen molar-refractivity contribution in [2.75, 3.05) is 11.9 Å². The smallest absolute Gasteiger partial charge is 0.349 e. The van der Waals surface area contributed by atoms with Gasteiger partial charge in [-0.15, -0.1) is 0 Å². The van der Waals surface area contributed by atoms with Crippen LogP contribution >= 0.6 is 0 Å². The van der Waals surface area contributed by atoms with Crippen LogP contribution in [0, 0.1) is 11.8 Å². The molecule has 160 valence electrons. The molecule has 0 unspecified atom stereocenters. The first-order chi connectivity index (χ1) is 14.9. The third-order valence-electron chi connectivity index (χ3n) is 5.32. The van der Waals surface area contributed by atoms with E-state index in [9.17, 15) is 18.4 Å². The number of nitrogens with one attached hydrogen (secondary N) is 1. The van der Waals surface area contributed by atoms with Gasteiger partial charge in [-0.2, -0.15) is 4.98 Å². The Morgan fingerprint density at radius 1 is 1.03 bits per heavy atom. The number of alkyl halides is 2. The fraction of sp³-hybridized carbons (Fsp3) is 0.261. The van der Waals surface area contributed by atoms with Crippen LogP contribution in [-0.4, -0.2) is 28.0 Å². The zero-order valence-corrected chi connectivity index (χ0v) is 16.6. The van der Waals surface area contributed by atoms with Gasteiger partial charge >= 0.3 is 5.69 Å². The van der Waals surface area contributed by atoms with Crippen molar-refractivity contribution in [3.05, 3.63) is 94.5 Å². The molecule has 0 bridgehead atoms. The van der Waals surface area contributed by atoms with Gasteiger partial charge in [-0.3, -0.25) is 9.36 Å². The fourth-order valence-electron chi connectivity index (χ4n) is 3.44. The fourth-order valence-corrected chi connectivity index (χ4v) is 3.44. The SMILES string of the molecule is O=C(Nc1ccn(C[C@@H]2[C@H](COCc3ccccc3)C2(F)F)c(=O)n1)c1ccccc1. The molecule has 1 aliphatic rings. The van der Waals surface area contributed by atoms with Crippen molar-refractivity contribution in [1.29, 1.82) is 0 Å². The molecule has 0 radical (unpaired) electrons.